The van der Waals surface area contributed by atoms with Crippen molar-refractivity contribution in [2.75, 3.05) is 25.7 Å². The van der Waals surface area contributed by atoms with Crippen molar-refractivity contribution >= 4 is 24.6 Å². The number of nitrogens with zero attached hydrogens (tertiary/aromatic N) is 4. The van der Waals surface area contributed by atoms with Crippen molar-refractivity contribution in [2.24, 2.45) is 0 Å². The summed E-state index contributed by atoms with van der Waals surface area (Å²) in [6.07, 6.45) is -2.00. The summed E-state index contributed by atoms with van der Waals surface area (Å²) in [7, 11) is -2.01. The molecule has 7 aromatic rings. The van der Waals surface area contributed by atoms with Crippen LogP contribution in [-0.2, 0) is 41.8 Å². The lowest BCUT2D eigenvalue weighted by Crippen LogP contribution is -2.38. The van der Waals surface area contributed by atoms with Gasteiger partial charge in [-0.2, -0.15) is 0 Å². The topological polar surface area (TPSA) is 119 Å². The van der Waals surface area contributed by atoms with Crippen LogP contribution in [0.3, 0.4) is 0 Å². The van der Waals surface area contributed by atoms with Gasteiger partial charge in [-0.15, -0.1) is 0 Å². The molecule has 1 aliphatic heterocycles. The lowest BCUT2D eigenvalue weighted by Gasteiger charge is -2.37. The molecule has 1 N–H and O–H groups in total. The van der Waals surface area contributed by atoms with E-state index >= 15 is 4.39 Å². The molecule has 5 atom stereocenters. The van der Waals surface area contributed by atoms with E-state index in [-0.39, 0.29) is 19.8 Å². The molecule has 8 rings (SSSR count). The van der Waals surface area contributed by atoms with E-state index in [1.807, 2.05) is 109 Å². The zero-order valence-electron chi connectivity index (χ0n) is 32.0. The van der Waals surface area contributed by atoms with Crippen molar-refractivity contribution in [3.8, 4) is 5.75 Å². The second kappa shape index (κ2) is 17.4. The predicted octanol–water partition coefficient (Wildman–Crippen LogP) is 9.12. The first kappa shape index (κ1) is 39.1. The van der Waals surface area contributed by atoms with Crippen LogP contribution < -0.4 is 10.1 Å². The molecule has 0 spiro atoms. The van der Waals surface area contributed by atoms with Crippen molar-refractivity contribution < 1.29 is 32.2 Å². The molecule has 2 unspecified atom stereocenters. The number of halogens is 1. The smallest absolute Gasteiger partial charge is 0.328 e. The molecule has 2 aromatic heterocycles. The van der Waals surface area contributed by atoms with Gasteiger partial charge in [0, 0.05) is 6.66 Å². The van der Waals surface area contributed by atoms with Gasteiger partial charge in [-0.25, -0.2) is 19.3 Å². The fourth-order valence-corrected chi connectivity index (χ4v) is 8.12. The molecule has 0 saturated carbocycles. The van der Waals surface area contributed by atoms with E-state index in [1.165, 1.54) is 13.0 Å². The molecule has 0 amide bonds. The van der Waals surface area contributed by atoms with Crippen LogP contribution in [0.2, 0.25) is 0 Å². The number of imidazole rings is 1. The number of ether oxygens (including phenoxy) is 3. The van der Waals surface area contributed by atoms with Crippen LogP contribution in [0.15, 0.2) is 158 Å². The summed E-state index contributed by atoms with van der Waals surface area (Å²) >= 11 is 0. The number of hydrogen-bond acceptors (Lipinski definition) is 10. The Kier molecular flexibility index (Phi) is 11.7. The number of alkyl halides is 1. The SMILES string of the molecule is COc1ccc(CO[C@H]2C(F)[C@@H](COP(C)(=O)OCc3ccccc3)O[C@H]2n2cnc3c(NC(c4ccccc4)(c4ccccc4)c4ccccc4)ncnc32)cc1. The second-order valence-corrected chi connectivity index (χ2v) is 16.0. The second-order valence-electron chi connectivity index (χ2n) is 14.0. The van der Waals surface area contributed by atoms with Crippen molar-refractivity contribution in [3.05, 3.63) is 186 Å². The molecule has 1 fully saturated rings. The third kappa shape index (κ3) is 8.29. The molecule has 58 heavy (non-hydrogen) atoms. The summed E-state index contributed by atoms with van der Waals surface area (Å²) in [6, 6.07) is 47.1. The molecule has 3 heterocycles. The van der Waals surface area contributed by atoms with E-state index in [9.17, 15) is 4.57 Å². The molecule has 5 aromatic carbocycles. The van der Waals surface area contributed by atoms with Gasteiger partial charge >= 0.3 is 7.60 Å². The molecular weight excluding hydrogens is 756 g/mol. The van der Waals surface area contributed by atoms with E-state index in [2.05, 4.69) is 46.7 Å². The highest BCUT2D eigenvalue weighted by molar-refractivity contribution is 7.52. The fraction of sp³-hybridized carbons (Fsp3) is 0.222. The van der Waals surface area contributed by atoms with Crippen molar-refractivity contribution in [2.45, 2.75) is 43.4 Å². The first-order chi connectivity index (χ1) is 28.3. The minimum atomic E-state index is -3.60. The molecular formula is C45H43FN5O6P. The molecule has 0 bridgehead atoms. The fourth-order valence-electron chi connectivity index (χ4n) is 7.24. The number of methoxy groups -OCH3 is 1. The summed E-state index contributed by atoms with van der Waals surface area (Å²) in [5.74, 6) is 1.14. The third-order valence-corrected chi connectivity index (χ3v) is 11.4. The largest absolute Gasteiger partial charge is 0.497 e. The molecule has 11 nitrogen and oxygen atoms in total. The average Bonchev–Trinajstić information content (AvgIpc) is 3.85. The van der Waals surface area contributed by atoms with Crippen molar-refractivity contribution in [1.82, 2.24) is 19.5 Å². The van der Waals surface area contributed by atoms with Gasteiger partial charge in [-0.3, -0.25) is 9.13 Å². The summed E-state index contributed by atoms with van der Waals surface area (Å²) in [5.41, 5.74) is 4.52. The monoisotopic (exact) mass is 799 g/mol. The highest BCUT2D eigenvalue weighted by Crippen LogP contribution is 2.47. The Balaban J connectivity index is 1.12. The lowest BCUT2D eigenvalue weighted by atomic mass is 9.77. The highest BCUT2D eigenvalue weighted by Gasteiger charge is 2.48. The predicted molar refractivity (Wildman–Crippen MR) is 219 cm³/mol. The molecule has 1 saturated heterocycles. The van der Waals surface area contributed by atoms with E-state index < -0.39 is 37.7 Å². The number of anilines is 1. The van der Waals surface area contributed by atoms with Gasteiger partial charge in [-0.05, 0) is 39.9 Å². The molecule has 13 heteroatoms. The van der Waals surface area contributed by atoms with Crippen LogP contribution in [0.5, 0.6) is 5.75 Å². The van der Waals surface area contributed by atoms with E-state index in [4.69, 9.17) is 33.2 Å². The number of aromatic nitrogens is 4. The number of nitrogens with one attached hydrogen (secondary N) is 1. The van der Waals surface area contributed by atoms with Crippen molar-refractivity contribution in [1.29, 1.82) is 0 Å². The summed E-state index contributed by atoms with van der Waals surface area (Å²) < 4.78 is 61.0. The van der Waals surface area contributed by atoms with Gasteiger partial charge < -0.3 is 28.6 Å². The molecule has 1 aliphatic rings. The Bertz CT molecular complexity index is 2350. The molecule has 296 valence electrons. The first-order valence-corrected chi connectivity index (χ1v) is 20.9. The minimum absolute atomic E-state index is 0.0760. The van der Waals surface area contributed by atoms with E-state index in [1.54, 1.807) is 18.0 Å². The Morgan fingerprint density at radius 1 is 0.741 bits per heavy atom. The highest BCUT2D eigenvalue weighted by atomic mass is 31.2. The normalized spacial score (nSPS) is 19.2. The number of fused-ring (bicyclic) bond motifs is 1. The Morgan fingerprint density at radius 3 is 1.90 bits per heavy atom. The van der Waals surface area contributed by atoms with Crippen LogP contribution in [-0.4, -0.2) is 58.3 Å². The van der Waals surface area contributed by atoms with Gasteiger partial charge in [0.15, 0.2) is 29.4 Å². The zero-order valence-corrected chi connectivity index (χ0v) is 32.9. The third-order valence-electron chi connectivity index (χ3n) is 10.2. The molecule has 0 aliphatic carbocycles. The van der Waals surface area contributed by atoms with Crippen LogP contribution in [0.25, 0.3) is 11.2 Å². The standard InChI is InChI=1S/C45H43FN5O6P/c1-53-37-25-23-33(24-26-37)27-54-41-39(46)38(29-56-58(2,52)55-28-32-15-7-3-8-16-32)57-44(41)51-31-49-40-42(47-30-48-43(40)51)50-45(34-17-9-4-10-18-34,35-19-11-5-12-20-35)36-21-13-6-14-22-36/h3-26,30-31,38-39,41,44H,27-29H2,1-2H3,(H,47,48,50)/t38-,39?,41+,44-,58?/m1/s1. The van der Waals surface area contributed by atoms with Crippen LogP contribution in [0, 0.1) is 0 Å². The number of rotatable bonds is 16. The van der Waals surface area contributed by atoms with Gasteiger partial charge in [0.25, 0.3) is 0 Å². The quantitative estimate of drug-likeness (QED) is 0.0749. The molecule has 0 radical (unpaired) electrons. The first-order valence-electron chi connectivity index (χ1n) is 18.9. The maximum Gasteiger partial charge on any atom is 0.328 e. The van der Waals surface area contributed by atoms with Crippen molar-refractivity contribution in [3.63, 3.8) is 0 Å². The van der Waals surface area contributed by atoms with Gasteiger partial charge in [0.2, 0.25) is 0 Å². The zero-order chi connectivity index (χ0) is 40.0. The van der Waals surface area contributed by atoms with Gasteiger partial charge in [-0.1, -0.05) is 133 Å². The Labute approximate surface area is 336 Å². The summed E-state index contributed by atoms with van der Waals surface area (Å²) in [4.78, 5) is 14.2. The minimum Gasteiger partial charge on any atom is -0.497 e. The average molecular weight is 800 g/mol. The number of hydrogen-bond donors (Lipinski definition) is 1. The Hall–Kier alpha value is -5.75. The summed E-state index contributed by atoms with van der Waals surface area (Å²) in [6.45, 7) is 1.18. The van der Waals surface area contributed by atoms with Crippen LogP contribution in [0.4, 0.5) is 10.2 Å². The van der Waals surface area contributed by atoms with Gasteiger partial charge in [0.05, 0.1) is 33.3 Å². The van der Waals surface area contributed by atoms with Crippen LogP contribution in [0.1, 0.15) is 34.0 Å². The Morgan fingerprint density at radius 2 is 1.31 bits per heavy atom. The van der Waals surface area contributed by atoms with Gasteiger partial charge in [0.1, 0.15) is 29.8 Å². The maximum atomic E-state index is 16.6. The number of benzene rings is 5. The van der Waals surface area contributed by atoms with E-state index in [0.717, 1.165) is 27.8 Å². The van der Waals surface area contributed by atoms with E-state index in [0.29, 0.717) is 22.7 Å². The maximum absolute atomic E-state index is 16.6. The lowest BCUT2D eigenvalue weighted by molar-refractivity contribution is -0.0733. The summed E-state index contributed by atoms with van der Waals surface area (Å²) in [5, 5.41) is 3.79. The van der Waals surface area contributed by atoms with Crippen LogP contribution >= 0.6 is 7.60 Å².